The van der Waals surface area contributed by atoms with Gasteiger partial charge in [-0.15, -0.1) is 0 Å². The quantitative estimate of drug-likeness (QED) is 0.806. The van der Waals surface area contributed by atoms with E-state index in [0.717, 1.165) is 0 Å². The van der Waals surface area contributed by atoms with Gasteiger partial charge < -0.3 is 14.9 Å². The van der Waals surface area contributed by atoms with Gasteiger partial charge in [-0.25, -0.2) is 0 Å². The molecule has 2 atom stereocenters. The van der Waals surface area contributed by atoms with E-state index in [1.165, 1.54) is 6.92 Å². The van der Waals surface area contributed by atoms with Crippen LogP contribution in [-0.4, -0.2) is 22.1 Å². The Kier molecular flexibility index (Phi) is 3.65. The third kappa shape index (κ3) is 2.82. The van der Waals surface area contributed by atoms with Crippen LogP contribution in [0.3, 0.4) is 0 Å². The zero-order chi connectivity index (χ0) is 12.3. The monoisotopic (exact) mass is 226 g/mol. The number of nitrogens with one attached hydrogen (secondary N) is 1. The second kappa shape index (κ2) is 4.78. The van der Waals surface area contributed by atoms with Crippen LogP contribution in [0.4, 0.5) is 5.82 Å². The van der Waals surface area contributed by atoms with E-state index in [-0.39, 0.29) is 5.91 Å². The van der Waals surface area contributed by atoms with Gasteiger partial charge in [-0.05, 0) is 6.92 Å². The first-order valence-electron chi connectivity index (χ1n) is 4.88. The highest BCUT2D eigenvalue weighted by molar-refractivity contribution is 5.93. The third-order valence-corrected chi connectivity index (χ3v) is 2.43. The maximum Gasteiger partial charge on any atom is 0.307 e. The summed E-state index contributed by atoms with van der Waals surface area (Å²) in [6.45, 7) is 4.74. The van der Waals surface area contributed by atoms with E-state index in [1.807, 2.05) is 0 Å². The van der Waals surface area contributed by atoms with E-state index in [1.54, 1.807) is 19.9 Å². The predicted octanol–water partition coefficient (Wildman–Crippen LogP) is 1.28. The molecule has 1 heterocycles. The Hall–Kier alpha value is -1.85. The van der Waals surface area contributed by atoms with Crippen molar-refractivity contribution in [2.75, 3.05) is 5.32 Å². The number of amides is 1. The molecule has 2 unspecified atom stereocenters. The van der Waals surface area contributed by atoms with E-state index in [9.17, 15) is 9.59 Å². The zero-order valence-electron chi connectivity index (χ0n) is 9.35. The number of carboxylic acid groups (broad SMARTS) is 1. The van der Waals surface area contributed by atoms with Crippen LogP contribution in [0.5, 0.6) is 0 Å². The smallest absolute Gasteiger partial charge is 0.307 e. The van der Waals surface area contributed by atoms with Crippen molar-refractivity contribution >= 4 is 17.7 Å². The second-order valence-corrected chi connectivity index (χ2v) is 3.73. The van der Waals surface area contributed by atoms with Gasteiger partial charge in [-0.3, -0.25) is 9.59 Å². The first-order chi connectivity index (χ1) is 7.41. The summed E-state index contributed by atoms with van der Waals surface area (Å²) in [7, 11) is 0. The maximum atomic E-state index is 11.6. The van der Waals surface area contributed by atoms with Gasteiger partial charge in [-0.1, -0.05) is 19.0 Å². The normalized spacial score (nSPS) is 14.2. The Balaban J connectivity index is 2.62. The molecule has 6 nitrogen and oxygen atoms in total. The Labute approximate surface area is 92.6 Å². The van der Waals surface area contributed by atoms with E-state index in [2.05, 4.69) is 10.5 Å². The lowest BCUT2D eigenvalue weighted by Crippen LogP contribution is -2.30. The van der Waals surface area contributed by atoms with Crippen LogP contribution in [0.25, 0.3) is 0 Å². The van der Waals surface area contributed by atoms with Crippen molar-refractivity contribution in [1.29, 1.82) is 0 Å². The van der Waals surface area contributed by atoms with E-state index < -0.39 is 17.8 Å². The summed E-state index contributed by atoms with van der Waals surface area (Å²) >= 11 is 0. The molecule has 0 saturated heterocycles. The third-order valence-electron chi connectivity index (χ3n) is 2.43. The van der Waals surface area contributed by atoms with Crippen LogP contribution >= 0.6 is 0 Å². The number of carbonyl (C=O) groups is 2. The highest BCUT2D eigenvalue weighted by Crippen LogP contribution is 2.14. The minimum absolute atomic E-state index is 0.298. The molecule has 0 radical (unpaired) electrons. The second-order valence-electron chi connectivity index (χ2n) is 3.73. The van der Waals surface area contributed by atoms with Gasteiger partial charge in [0.1, 0.15) is 5.76 Å². The maximum absolute atomic E-state index is 11.6. The van der Waals surface area contributed by atoms with Gasteiger partial charge in [0, 0.05) is 12.0 Å². The minimum atomic E-state index is -1.00. The van der Waals surface area contributed by atoms with Gasteiger partial charge in [0.25, 0.3) is 0 Å². The van der Waals surface area contributed by atoms with Crippen molar-refractivity contribution in [1.82, 2.24) is 5.16 Å². The topological polar surface area (TPSA) is 92.4 Å². The average Bonchev–Trinajstić information content (AvgIpc) is 2.61. The van der Waals surface area contributed by atoms with E-state index in [0.29, 0.717) is 11.6 Å². The van der Waals surface area contributed by atoms with Crippen LogP contribution in [0.2, 0.25) is 0 Å². The SMILES string of the molecule is Cc1cc(NC(=O)C(C)C(C)C(=O)O)no1. The first-order valence-corrected chi connectivity index (χ1v) is 4.88. The molecular weight excluding hydrogens is 212 g/mol. The lowest BCUT2D eigenvalue weighted by Gasteiger charge is -2.14. The molecule has 1 rings (SSSR count). The summed E-state index contributed by atoms with van der Waals surface area (Å²) in [6.07, 6.45) is 0. The number of aliphatic carboxylic acids is 1. The van der Waals surface area contributed by atoms with Crippen LogP contribution in [0.15, 0.2) is 10.6 Å². The number of hydrogen-bond donors (Lipinski definition) is 2. The summed E-state index contributed by atoms with van der Waals surface area (Å²) in [5.74, 6) is -1.88. The highest BCUT2D eigenvalue weighted by atomic mass is 16.5. The Morgan fingerprint density at radius 2 is 2.06 bits per heavy atom. The van der Waals surface area contributed by atoms with Crippen LogP contribution in [0.1, 0.15) is 19.6 Å². The van der Waals surface area contributed by atoms with Gasteiger partial charge in [0.05, 0.1) is 5.92 Å². The van der Waals surface area contributed by atoms with Crippen molar-refractivity contribution in [3.8, 4) is 0 Å². The zero-order valence-corrected chi connectivity index (χ0v) is 9.35. The molecule has 1 aromatic rings. The van der Waals surface area contributed by atoms with Crippen molar-refractivity contribution in [2.24, 2.45) is 11.8 Å². The van der Waals surface area contributed by atoms with E-state index >= 15 is 0 Å². The summed E-state index contributed by atoms with van der Waals surface area (Å²) in [6, 6.07) is 1.57. The number of anilines is 1. The van der Waals surface area contributed by atoms with E-state index in [4.69, 9.17) is 9.63 Å². The van der Waals surface area contributed by atoms with Crippen LogP contribution in [0, 0.1) is 18.8 Å². The predicted molar refractivity (Wildman–Crippen MR) is 55.8 cm³/mol. The molecule has 0 aliphatic carbocycles. The fourth-order valence-electron chi connectivity index (χ4n) is 1.11. The molecule has 0 bridgehead atoms. The Morgan fingerprint density at radius 3 is 2.50 bits per heavy atom. The summed E-state index contributed by atoms with van der Waals surface area (Å²) in [5.41, 5.74) is 0. The fourth-order valence-corrected chi connectivity index (χ4v) is 1.11. The van der Waals surface area contributed by atoms with Gasteiger partial charge >= 0.3 is 5.97 Å². The molecule has 16 heavy (non-hydrogen) atoms. The summed E-state index contributed by atoms with van der Waals surface area (Å²) in [4.78, 5) is 22.3. The molecule has 6 heteroatoms. The molecule has 2 N–H and O–H groups in total. The van der Waals surface area contributed by atoms with Crippen LogP contribution < -0.4 is 5.32 Å². The van der Waals surface area contributed by atoms with Crippen LogP contribution in [-0.2, 0) is 9.59 Å². The number of carboxylic acids is 1. The molecule has 0 saturated carbocycles. The van der Waals surface area contributed by atoms with Gasteiger partial charge in [0.15, 0.2) is 5.82 Å². The number of rotatable bonds is 4. The number of hydrogen-bond acceptors (Lipinski definition) is 4. The fraction of sp³-hybridized carbons (Fsp3) is 0.500. The molecule has 0 aliphatic heterocycles. The van der Waals surface area contributed by atoms with Crippen molar-refractivity contribution in [3.05, 3.63) is 11.8 Å². The standard InChI is InChI=1S/C10H14N2O4/c1-5-4-8(12-16-5)11-9(13)6(2)7(3)10(14)15/h4,6-7H,1-3H3,(H,14,15)(H,11,12,13). The molecule has 1 amide bonds. The molecule has 0 aromatic carbocycles. The van der Waals surface area contributed by atoms with Gasteiger partial charge in [-0.2, -0.15) is 0 Å². The summed E-state index contributed by atoms with van der Waals surface area (Å²) in [5, 5.41) is 14.8. The summed E-state index contributed by atoms with van der Waals surface area (Å²) < 4.78 is 4.77. The minimum Gasteiger partial charge on any atom is -0.481 e. The Bertz CT molecular complexity index is 399. The molecular formula is C10H14N2O4. The molecule has 0 fully saturated rings. The number of nitrogens with zero attached hydrogens (tertiary/aromatic N) is 1. The lowest BCUT2D eigenvalue weighted by atomic mass is 9.95. The van der Waals surface area contributed by atoms with Crippen molar-refractivity contribution in [3.63, 3.8) is 0 Å². The molecule has 88 valence electrons. The lowest BCUT2D eigenvalue weighted by molar-refractivity contribution is -0.145. The number of aryl methyl sites for hydroxylation is 1. The average molecular weight is 226 g/mol. The molecule has 1 aromatic heterocycles. The van der Waals surface area contributed by atoms with Gasteiger partial charge in [0.2, 0.25) is 5.91 Å². The molecule has 0 spiro atoms. The Morgan fingerprint density at radius 1 is 1.44 bits per heavy atom. The molecule has 0 aliphatic rings. The first kappa shape index (κ1) is 12.2. The largest absolute Gasteiger partial charge is 0.481 e. The van der Waals surface area contributed by atoms with Crippen molar-refractivity contribution < 1.29 is 19.2 Å². The highest BCUT2D eigenvalue weighted by Gasteiger charge is 2.26. The number of carbonyl (C=O) groups excluding carboxylic acids is 1. The number of aromatic nitrogens is 1. The van der Waals surface area contributed by atoms with Crippen molar-refractivity contribution in [2.45, 2.75) is 20.8 Å².